The van der Waals surface area contributed by atoms with Gasteiger partial charge in [0.05, 0.1) is 0 Å². The molecule has 0 radical (unpaired) electrons. The molecule has 0 saturated heterocycles. The number of halogens is 1. The number of hydrogen-bond donors (Lipinski definition) is 2. The van der Waals surface area contributed by atoms with Gasteiger partial charge in [-0.15, -0.1) is 0 Å². The van der Waals surface area contributed by atoms with Gasteiger partial charge in [0.25, 0.3) is 5.91 Å². The number of benzene rings is 1. The van der Waals surface area contributed by atoms with E-state index >= 15 is 0 Å². The van der Waals surface area contributed by atoms with Crippen LogP contribution >= 0.6 is 0 Å². The Balaban J connectivity index is 2.00. The van der Waals surface area contributed by atoms with Crippen molar-refractivity contribution in [3.8, 4) is 0 Å². The molecule has 5 nitrogen and oxygen atoms in total. The Morgan fingerprint density at radius 3 is 2.86 bits per heavy atom. The van der Waals surface area contributed by atoms with Crippen molar-refractivity contribution in [2.75, 3.05) is 17.2 Å². The molecule has 0 unspecified atom stereocenters. The molecule has 1 aromatic carbocycles. The highest BCUT2D eigenvalue weighted by Gasteiger charge is 2.09. The fourth-order valence-corrected chi connectivity index (χ4v) is 1.80. The van der Waals surface area contributed by atoms with Crippen LogP contribution in [-0.4, -0.2) is 22.4 Å². The molecule has 1 amide bonds. The summed E-state index contributed by atoms with van der Waals surface area (Å²) in [5.41, 5.74) is 0.615. The lowest BCUT2D eigenvalue weighted by molar-refractivity contribution is 0.102. The molecule has 22 heavy (non-hydrogen) atoms. The van der Waals surface area contributed by atoms with E-state index in [-0.39, 0.29) is 5.69 Å². The van der Waals surface area contributed by atoms with Crippen LogP contribution in [0.4, 0.5) is 16.0 Å². The van der Waals surface area contributed by atoms with E-state index in [9.17, 15) is 9.18 Å². The second-order valence-corrected chi connectivity index (χ2v) is 5.34. The number of anilines is 2. The van der Waals surface area contributed by atoms with Crippen LogP contribution in [0.2, 0.25) is 0 Å². The number of carbonyl (C=O) groups excluding carboxylic acids is 1. The Morgan fingerprint density at radius 2 is 2.14 bits per heavy atom. The van der Waals surface area contributed by atoms with E-state index in [2.05, 4.69) is 34.4 Å². The fourth-order valence-electron chi connectivity index (χ4n) is 1.80. The number of carbonyl (C=O) groups is 1. The Morgan fingerprint density at radius 1 is 1.32 bits per heavy atom. The van der Waals surface area contributed by atoms with Crippen LogP contribution in [0, 0.1) is 11.7 Å². The molecule has 6 heteroatoms. The van der Waals surface area contributed by atoms with Gasteiger partial charge in [0.2, 0.25) is 5.95 Å². The Labute approximate surface area is 129 Å². The molecular formula is C16H19FN4O. The molecule has 116 valence electrons. The number of aromatic nitrogens is 2. The van der Waals surface area contributed by atoms with Crippen LogP contribution in [0.25, 0.3) is 0 Å². The zero-order valence-electron chi connectivity index (χ0n) is 12.6. The molecule has 0 fully saturated rings. The van der Waals surface area contributed by atoms with E-state index in [1.54, 1.807) is 6.07 Å². The standard InChI is InChI=1S/C16H19FN4O/c1-11(2)6-8-18-16-19-9-7-14(21-16)15(22)20-13-5-3-4-12(17)10-13/h3-5,7,9-11H,6,8H2,1-2H3,(H,20,22)(H,18,19,21). The normalized spacial score (nSPS) is 10.5. The largest absolute Gasteiger partial charge is 0.354 e. The first-order valence-electron chi connectivity index (χ1n) is 7.18. The predicted octanol–water partition coefficient (Wildman–Crippen LogP) is 3.33. The number of nitrogens with one attached hydrogen (secondary N) is 2. The minimum absolute atomic E-state index is 0.228. The summed E-state index contributed by atoms with van der Waals surface area (Å²) < 4.78 is 13.1. The van der Waals surface area contributed by atoms with Gasteiger partial charge in [0.1, 0.15) is 11.5 Å². The first kappa shape index (κ1) is 15.9. The molecule has 2 rings (SSSR count). The average molecular weight is 302 g/mol. The minimum Gasteiger partial charge on any atom is -0.354 e. The highest BCUT2D eigenvalue weighted by atomic mass is 19.1. The second kappa shape index (κ2) is 7.49. The molecule has 0 aliphatic heterocycles. The van der Waals surface area contributed by atoms with Crippen molar-refractivity contribution in [3.63, 3.8) is 0 Å². The zero-order chi connectivity index (χ0) is 15.9. The van der Waals surface area contributed by atoms with Crippen molar-refractivity contribution in [1.82, 2.24) is 9.97 Å². The minimum atomic E-state index is -0.406. The molecule has 2 N–H and O–H groups in total. The predicted molar refractivity (Wildman–Crippen MR) is 84.3 cm³/mol. The van der Waals surface area contributed by atoms with Gasteiger partial charge >= 0.3 is 0 Å². The van der Waals surface area contributed by atoms with Crippen LogP contribution in [-0.2, 0) is 0 Å². The maximum Gasteiger partial charge on any atom is 0.274 e. The summed E-state index contributed by atoms with van der Waals surface area (Å²) in [6.07, 6.45) is 2.51. The molecule has 0 aliphatic carbocycles. The van der Waals surface area contributed by atoms with Gasteiger partial charge in [-0.05, 0) is 36.6 Å². The monoisotopic (exact) mass is 302 g/mol. The summed E-state index contributed by atoms with van der Waals surface area (Å²) in [5.74, 6) is 0.177. The van der Waals surface area contributed by atoms with Crippen molar-refractivity contribution < 1.29 is 9.18 Å². The first-order chi connectivity index (χ1) is 10.5. The first-order valence-corrected chi connectivity index (χ1v) is 7.18. The third kappa shape index (κ3) is 4.80. The summed E-state index contributed by atoms with van der Waals surface area (Å²) in [4.78, 5) is 20.3. The Bertz CT molecular complexity index is 646. The van der Waals surface area contributed by atoms with E-state index in [0.29, 0.717) is 17.6 Å². The summed E-state index contributed by atoms with van der Waals surface area (Å²) in [5, 5.41) is 5.69. The van der Waals surface area contributed by atoms with Crippen LogP contribution in [0.5, 0.6) is 0 Å². The number of rotatable bonds is 6. The molecule has 1 aromatic heterocycles. The van der Waals surface area contributed by atoms with Crippen LogP contribution < -0.4 is 10.6 Å². The maximum absolute atomic E-state index is 13.1. The van der Waals surface area contributed by atoms with Crippen molar-refractivity contribution in [2.24, 2.45) is 5.92 Å². The zero-order valence-corrected chi connectivity index (χ0v) is 12.6. The molecule has 0 aliphatic rings. The van der Waals surface area contributed by atoms with Crippen molar-refractivity contribution >= 4 is 17.5 Å². The van der Waals surface area contributed by atoms with Gasteiger partial charge < -0.3 is 10.6 Å². The lowest BCUT2D eigenvalue weighted by Gasteiger charge is -2.08. The smallest absolute Gasteiger partial charge is 0.274 e. The van der Waals surface area contributed by atoms with Crippen LogP contribution in [0.1, 0.15) is 30.8 Å². The molecular weight excluding hydrogens is 283 g/mol. The van der Waals surface area contributed by atoms with E-state index in [0.717, 1.165) is 13.0 Å². The van der Waals surface area contributed by atoms with Gasteiger partial charge in [-0.2, -0.15) is 0 Å². The van der Waals surface area contributed by atoms with E-state index in [1.807, 2.05) is 0 Å². The average Bonchev–Trinajstić information content (AvgIpc) is 2.47. The van der Waals surface area contributed by atoms with Crippen LogP contribution in [0.3, 0.4) is 0 Å². The highest BCUT2D eigenvalue weighted by molar-refractivity contribution is 6.02. The molecule has 2 aromatic rings. The van der Waals surface area contributed by atoms with Crippen molar-refractivity contribution in [2.45, 2.75) is 20.3 Å². The summed E-state index contributed by atoms with van der Waals surface area (Å²) >= 11 is 0. The van der Waals surface area contributed by atoms with E-state index in [4.69, 9.17) is 0 Å². The highest BCUT2D eigenvalue weighted by Crippen LogP contribution is 2.11. The number of nitrogens with zero attached hydrogens (tertiary/aromatic N) is 2. The SMILES string of the molecule is CC(C)CCNc1nccc(C(=O)Nc2cccc(F)c2)n1. The Kier molecular flexibility index (Phi) is 5.41. The summed E-state index contributed by atoms with van der Waals surface area (Å²) in [6.45, 7) is 5.00. The fraction of sp³-hybridized carbons (Fsp3) is 0.312. The summed E-state index contributed by atoms with van der Waals surface area (Å²) in [7, 11) is 0. The van der Waals surface area contributed by atoms with Gasteiger partial charge in [-0.3, -0.25) is 4.79 Å². The van der Waals surface area contributed by atoms with Crippen LogP contribution in [0.15, 0.2) is 36.5 Å². The molecule has 0 bridgehead atoms. The molecule has 0 atom stereocenters. The molecule has 0 spiro atoms. The van der Waals surface area contributed by atoms with Crippen molar-refractivity contribution in [3.05, 3.63) is 48.0 Å². The third-order valence-corrected chi connectivity index (χ3v) is 2.98. The lowest BCUT2D eigenvalue weighted by Crippen LogP contribution is -2.16. The Hall–Kier alpha value is -2.50. The van der Waals surface area contributed by atoms with Gasteiger partial charge in [-0.25, -0.2) is 14.4 Å². The van der Waals surface area contributed by atoms with Gasteiger partial charge in [-0.1, -0.05) is 19.9 Å². The topological polar surface area (TPSA) is 66.9 Å². The number of hydrogen-bond acceptors (Lipinski definition) is 4. The van der Waals surface area contributed by atoms with Gasteiger partial charge in [0, 0.05) is 18.4 Å². The number of amides is 1. The summed E-state index contributed by atoms with van der Waals surface area (Å²) in [6, 6.07) is 7.23. The quantitative estimate of drug-likeness (QED) is 0.859. The van der Waals surface area contributed by atoms with E-state index < -0.39 is 11.7 Å². The molecule has 0 saturated carbocycles. The van der Waals surface area contributed by atoms with Gasteiger partial charge in [0.15, 0.2) is 0 Å². The molecule has 1 heterocycles. The maximum atomic E-state index is 13.1. The van der Waals surface area contributed by atoms with E-state index in [1.165, 1.54) is 30.5 Å². The third-order valence-electron chi connectivity index (χ3n) is 2.98. The van der Waals surface area contributed by atoms with Crippen molar-refractivity contribution in [1.29, 1.82) is 0 Å². The second-order valence-electron chi connectivity index (χ2n) is 5.34. The lowest BCUT2D eigenvalue weighted by atomic mass is 10.1.